The lowest BCUT2D eigenvalue weighted by molar-refractivity contribution is -0.150. The Kier molecular flexibility index (Phi) is 9.23. The van der Waals surface area contributed by atoms with E-state index in [0.717, 1.165) is 16.2 Å². The molecule has 1 saturated heterocycles. The highest BCUT2D eigenvalue weighted by atomic mass is 35.5. The maximum Gasteiger partial charge on any atom is 0.352 e. The number of anilines is 1. The van der Waals surface area contributed by atoms with Gasteiger partial charge in [-0.1, -0.05) is 17.3 Å². The molecule has 0 aliphatic carbocycles. The first kappa shape index (κ1) is 26.6. The number of amides is 3. The molecule has 0 spiro atoms. The Balaban J connectivity index is 1.79. The van der Waals surface area contributed by atoms with Crippen LogP contribution in [-0.2, 0) is 24.0 Å². The van der Waals surface area contributed by atoms with Crippen LogP contribution < -0.4 is 10.6 Å². The standard InChI is InChI=1S/C20H21ClFN5O6S2/c1-10(28)23-20-24-12(9-35-20)13(26-33-7-3-6-22)16(29)25-14-17(30)27-15(19(31)32)11(4-2-5-21)8-34-18(14)27/h2,4,9,14,18H,3,5-8H2,1H3,(H,25,29)(H,31,32)(H,23,24,28)/t14-,18+/m1/s1. The highest BCUT2D eigenvalue weighted by Gasteiger charge is 2.54. The first-order valence-electron chi connectivity index (χ1n) is 10.2. The molecule has 0 saturated carbocycles. The molecule has 1 fully saturated rings. The lowest BCUT2D eigenvalue weighted by Gasteiger charge is -2.49. The van der Waals surface area contributed by atoms with Crippen molar-refractivity contribution in [3.8, 4) is 0 Å². The Morgan fingerprint density at radius 2 is 2.23 bits per heavy atom. The topological polar surface area (TPSA) is 150 Å². The van der Waals surface area contributed by atoms with Crippen molar-refractivity contribution < 1.29 is 33.5 Å². The Morgan fingerprint density at radius 1 is 1.46 bits per heavy atom. The third-order valence-corrected chi connectivity index (χ3v) is 6.90. The Hall–Kier alpha value is -2.97. The number of thiazole rings is 1. The minimum Gasteiger partial charge on any atom is -0.477 e. The van der Waals surface area contributed by atoms with Crippen molar-refractivity contribution in [3.05, 3.63) is 34.5 Å². The van der Waals surface area contributed by atoms with E-state index in [1.54, 1.807) is 12.2 Å². The van der Waals surface area contributed by atoms with Gasteiger partial charge in [-0.3, -0.25) is 23.7 Å². The minimum absolute atomic E-state index is 0.0617. The molecule has 3 rings (SSSR count). The number of rotatable bonds is 11. The zero-order valence-corrected chi connectivity index (χ0v) is 20.7. The first-order chi connectivity index (χ1) is 16.8. The van der Waals surface area contributed by atoms with Gasteiger partial charge in [0.25, 0.3) is 11.8 Å². The van der Waals surface area contributed by atoms with Crippen molar-refractivity contribution in [3.63, 3.8) is 0 Å². The van der Waals surface area contributed by atoms with Crippen molar-refractivity contribution in [2.24, 2.45) is 5.16 Å². The second-order valence-electron chi connectivity index (χ2n) is 7.13. The summed E-state index contributed by atoms with van der Waals surface area (Å²) in [6, 6.07) is -1.01. The summed E-state index contributed by atoms with van der Waals surface area (Å²) >= 11 is 7.98. The zero-order valence-electron chi connectivity index (χ0n) is 18.3. The maximum atomic E-state index is 13.0. The van der Waals surface area contributed by atoms with E-state index in [0.29, 0.717) is 11.3 Å². The molecule has 188 valence electrons. The van der Waals surface area contributed by atoms with Gasteiger partial charge in [-0.25, -0.2) is 9.78 Å². The zero-order chi connectivity index (χ0) is 25.5. The molecule has 0 aromatic carbocycles. The van der Waals surface area contributed by atoms with Gasteiger partial charge in [0, 0.05) is 30.4 Å². The molecule has 2 aliphatic heterocycles. The molecule has 3 amide bonds. The summed E-state index contributed by atoms with van der Waals surface area (Å²) in [7, 11) is 0. The van der Waals surface area contributed by atoms with E-state index in [1.165, 1.54) is 24.1 Å². The SMILES string of the molecule is CC(=O)Nc1nc(C(=NOCCCF)C(=O)N[C@@H]2C(=O)N3C(C(=O)O)=C(C=CCCl)CS[C@@H]23)cs1. The van der Waals surface area contributed by atoms with Gasteiger partial charge in [0.1, 0.15) is 29.4 Å². The number of carboxylic acids is 1. The van der Waals surface area contributed by atoms with Gasteiger partial charge in [0.05, 0.1) is 6.67 Å². The van der Waals surface area contributed by atoms with E-state index in [-0.39, 0.29) is 47.0 Å². The van der Waals surface area contributed by atoms with Gasteiger partial charge in [-0.05, 0) is 5.57 Å². The molecule has 3 heterocycles. The summed E-state index contributed by atoms with van der Waals surface area (Å²) in [5, 5.41) is 19.5. The van der Waals surface area contributed by atoms with Crippen LogP contribution in [0.1, 0.15) is 19.0 Å². The molecule has 3 N–H and O–H groups in total. The molecule has 1 aromatic rings. The number of carbonyl (C=O) groups is 4. The van der Waals surface area contributed by atoms with Crippen molar-refractivity contribution in [1.82, 2.24) is 15.2 Å². The number of aliphatic carboxylic acids is 1. The fourth-order valence-electron chi connectivity index (χ4n) is 3.19. The van der Waals surface area contributed by atoms with Crippen molar-refractivity contribution in [2.45, 2.75) is 24.8 Å². The summed E-state index contributed by atoms with van der Waals surface area (Å²) in [5.41, 5.74) is 0.0853. The summed E-state index contributed by atoms with van der Waals surface area (Å²) in [6.45, 7) is 0.582. The molecule has 2 atom stereocenters. The average Bonchev–Trinajstić information content (AvgIpc) is 3.27. The van der Waals surface area contributed by atoms with Gasteiger partial charge >= 0.3 is 5.97 Å². The molecule has 0 unspecified atom stereocenters. The van der Waals surface area contributed by atoms with Crippen LogP contribution >= 0.6 is 34.7 Å². The third kappa shape index (κ3) is 6.18. The minimum atomic E-state index is -1.26. The van der Waals surface area contributed by atoms with E-state index in [2.05, 4.69) is 20.8 Å². The number of hydrogen-bond acceptors (Lipinski definition) is 9. The van der Waals surface area contributed by atoms with Crippen LogP contribution in [-0.4, -0.2) is 80.7 Å². The van der Waals surface area contributed by atoms with Crippen molar-refractivity contribution in [2.75, 3.05) is 30.2 Å². The van der Waals surface area contributed by atoms with Crippen LogP contribution in [0.5, 0.6) is 0 Å². The predicted octanol–water partition coefficient (Wildman–Crippen LogP) is 1.72. The number of carboxylic acid groups (broad SMARTS) is 1. The lowest BCUT2D eigenvalue weighted by Crippen LogP contribution is -2.71. The third-order valence-electron chi connectivity index (χ3n) is 4.67. The number of halogens is 2. The molecular weight excluding hydrogens is 525 g/mol. The Labute approximate surface area is 212 Å². The van der Waals surface area contributed by atoms with Crippen LogP contribution in [0.4, 0.5) is 9.52 Å². The number of nitrogens with one attached hydrogen (secondary N) is 2. The molecule has 0 bridgehead atoms. The largest absolute Gasteiger partial charge is 0.477 e. The van der Waals surface area contributed by atoms with Crippen molar-refractivity contribution >= 4 is 69.2 Å². The molecule has 1 aromatic heterocycles. The smallest absolute Gasteiger partial charge is 0.352 e. The quantitative estimate of drug-likeness (QED) is 0.125. The van der Waals surface area contributed by atoms with Gasteiger partial charge in [0.15, 0.2) is 10.8 Å². The Morgan fingerprint density at radius 3 is 2.89 bits per heavy atom. The Bertz CT molecular complexity index is 1110. The molecule has 11 nitrogen and oxygen atoms in total. The highest BCUT2D eigenvalue weighted by molar-refractivity contribution is 8.00. The van der Waals surface area contributed by atoms with E-state index < -0.39 is 35.9 Å². The second kappa shape index (κ2) is 12.1. The van der Waals surface area contributed by atoms with Gasteiger partial charge in [-0.15, -0.1) is 34.7 Å². The summed E-state index contributed by atoms with van der Waals surface area (Å²) in [6.07, 6.45) is 3.21. The number of oxime groups is 1. The average molecular weight is 546 g/mol. The highest BCUT2D eigenvalue weighted by Crippen LogP contribution is 2.40. The maximum absolute atomic E-state index is 13.0. The summed E-state index contributed by atoms with van der Waals surface area (Å²) < 4.78 is 12.4. The van der Waals surface area contributed by atoms with E-state index in [1.807, 2.05) is 0 Å². The van der Waals surface area contributed by atoms with Crippen LogP contribution in [0.3, 0.4) is 0 Å². The number of aromatic nitrogens is 1. The van der Waals surface area contributed by atoms with Crippen LogP contribution in [0.15, 0.2) is 34.0 Å². The van der Waals surface area contributed by atoms with E-state index >= 15 is 0 Å². The van der Waals surface area contributed by atoms with Crippen molar-refractivity contribution in [1.29, 1.82) is 0 Å². The molecule has 2 aliphatic rings. The fraction of sp³-hybridized carbons (Fsp3) is 0.400. The van der Waals surface area contributed by atoms with Crippen LogP contribution in [0.25, 0.3) is 0 Å². The normalized spacial score (nSPS) is 19.9. The summed E-state index contributed by atoms with van der Waals surface area (Å²) in [5.74, 6) is -2.52. The molecule has 0 radical (unpaired) electrons. The van der Waals surface area contributed by atoms with Gasteiger partial charge in [-0.2, -0.15) is 0 Å². The lowest BCUT2D eigenvalue weighted by atomic mass is 10.0. The number of thioether (sulfide) groups is 1. The second-order valence-corrected chi connectivity index (χ2v) is 9.40. The molecular formula is C20H21ClFN5O6S2. The fourth-order valence-corrected chi connectivity index (χ4v) is 5.34. The van der Waals surface area contributed by atoms with Crippen LogP contribution in [0, 0.1) is 0 Å². The van der Waals surface area contributed by atoms with Gasteiger partial charge in [0.2, 0.25) is 5.91 Å². The van der Waals surface area contributed by atoms with E-state index in [4.69, 9.17) is 16.4 Å². The van der Waals surface area contributed by atoms with E-state index in [9.17, 15) is 28.7 Å². The number of β-lactam (4-membered cyclic amide) rings is 1. The number of fused-ring (bicyclic) bond motifs is 1. The molecule has 15 heteroatoms. The van der Waals surface area contributed by atoms with Gasteiger partial charge < -0.3 is 20.6 Å². The summed E-state index contributed by atoms with van der Waals surface area (Å²) in [4.78, 5) is 59.2. The number of hydrogen-bond donors (Lipinski definition) is 3. The number of allylic oxidation sites excluding steroid dienone is 2. The number of carbonyl (C=O) groups excluding carboxylic acids is 3. The number of nitrogens with zero attached hydrogens (tertiary/aromatic N) is 3. The first-order valence-corrected chi connectivity index (χ1v) is 12.7. The number of alkyl halides is 2. The molecule has 35 heavy (non-hydrogen) atoms. The predicted molar refractivity (Wildman–Crippen MR) is 129 cm³/mol. The monoisotopic (exact) mass is 545 g/mol. The van der Waals surface area contributed by atoms with Crippen LogP contribution in [0.2, 0.25) is 0 Å².